The van der Waals surface area contributed by atoms with E-state index < -0.39 is 17.8 Å². The summed E-state index contributed by atoms with van der Waals surface area (Å²) in [7, 11) is 1.28. The maximum absolute atomic E-state index is 12.3. The van der Waals surface area contributed by atoms with Crippen molar-refractivity contribution in [3.05, 3.63) is 51.2 Å². The summed E-state index contributed by atoms with van der Waals surface area (Å²) in [6.07, 6.45) is 0. The summed E-state index contributed by atoms with van der Waals surface area (Å²) in [5, 5.41) is 2.68. The monoisotopic (exact) mass is 316 g/mol. The molecule has 0 spiro atoms. The van der Waals surface area contributed by atoms with E-state index in [1.807, 2.05) is 0 Å². The van der Waals surface area contributed by atoms with Crippen LogP contribution in [0.25, 0.3) is 0 Å². The van der Waals surface area contributed by atoms with Gasteiger partial charge in [0.05, 0.1) is 23.9 Å². The van der Waals surface area contributed by atoms with Gasteiger partial charge in [-0.1, -0.05) is 12.1 Å². The Morgan fingerprint density at radius 1 is 1.18 bits per heavy atom. The third-order valence-corrected chi connectivity index (χ3v) is 4.44. The molecule has 0 radical (unpaired) electrons. The van der Waals surface area contributed by atoms with Crippen LogP contribution in [0.3, 0.4) is 0 Å². The fourth-order valence-electron chi connectivity index (χ4n) is 2.23. The molecule has 1 aromatic carbocycles. The lowest BCUT2D eigenvalue weighted by Crippen LogP contribution is -2.36. The molecule has 2 heterocycles. The number of amides is 2. The molecule has 0 bridgehead atoms. The number of methoxy groups -OCH3 is 1. The van der Waals surface area contributed by atoms with Gasteiger partial charge in [-0.2, -0.15) is 5.01 Å². The van der Waals surface area contributed by atoms with E-state index in [0.29, 0.717) is 21.7 Å². The number of esters is 1. The Balaban J connectivity index is 1.96. The highest BCUT2D eigenvalue weighted by Crippen LogP contribution is 2.31. The van der Waals surface area contributed by atoms with Crippen molar-refractivity contribution >= 4 is 34.8 Å². The van der Waals surface area contributed by atoms with E-state index in [-0.39, 0.29) is 0 Å². The van der Waals surface area contributed by atoms with Crippen LogP contribution in [0, 0.1) is 6.92 Å². The number of thiophene rings is 1. The first-order valence-electron chi connectivity index (χ1n) is 6.45. The van der Waals surface area contributed by atoms with Gasteiger partial charge in [-0.25, -0.2) is 4.79 Å². The maximum Gasteiger partial charge on any atom is 0.350 e. The molecule has 1 N–H and O–H groups in total. The van der Waals surface area contributed by atoms with E-state index in [0.717, 1.165) is 10.6 Å². The average molecular weight is 316 g/mol. The van der Waals surface area contributed by atoms with Gasteiger partial charge in [0.25, 0.3) is 11.8 Å². The number of hydrogen-bond acceptors (Lipinski definition) is 6. The quantitative estimate of drug-likeness (QED) is 0.695. The molecule has 0 unspecified atom stereocenters. The van der Waals surface area contributed by atoms with Crippen LogP contribution < -0.4 is 5.43 Å². The van der Waals surface area contributed by atoms with Crippen LogP contribution in [-0.2, 0) is 4.74 Å². The Morgan fingerprint density at radius 2 is 1.77 bits per heavy atom. The van der Waals surface area contributed by atoms with Crippen molar-refractivity contribution in [1.29, 1.82) is 0 Å². The second-order valence-electron chi connectivity index (χ2n) is 4.72. The van der Waals surface area contributed by atoms with Gasteiger partial charge in [-0.15, -0.1) is 11.3 Å². The van der Waals surface area contributed by atoms with Crippen LogP contribution in [0.5, 0.6) is 0 Å². The predicted molar refractivity (Wildman–Crippen MR) is 81.0 cm³/mol. The first-order chi connectivity index (χ1) is 10.5. The molecular weight excluding hydrogens is 304 g/mol. The van der Waals surface area contributed by atoms with E-state index in [1.54, 1.807) is 36.6 Å². The number of carbonyl (C=O) groups is 3. The minimum absolute atomic E-state index is 0.316. The number of nitrogens with zero attached hydrogens (tertiary/aromatic N) is 1. The van der Waals surface area contributed by atoms with E-state index in [4.69, 9.17) is 4.74 Å². The zero-order chi connectivity index (χ0) is 15.9. The van der Waals surface area contributed by atoms with Crippen molar-refractivity contribution in [2.75, 3.05) is 12.5 Å². The van der Waals surface area contributed by atoms with E-state index in [2.05, 4.69) is 5.43 Å². The van der Waals surface area contributed by atoms with E-state index >= 15 is 0 Å². The summed E-state index contributed by atoms with van der Waals surface area (Å²) in [5.41, 5.74) is 4.60. The van der Waals surface area contributed by atoms with Crippen LogP contribution in [0.15, 0.2) is 29.6 Å². The highest BCUT2D eigenvalue weighted by molar-refractivity contribution is 7.12. The maximum atomic E-state index is 12.3. The molecule has 6 nitrogen and oxygen atoms in total. The molecular formula is C15H12N2O4S. The van der Waals surface area contributed by atoms with Gasteiger partial charge in [0.1, 0.15) is 4.88 Å². The van der Waals surface area contributed by atoms with Crippen LogP contribution in [0.2, 0.25) is 0 Å². The molecule has 1 aliphatic heterocycles. The number of imide groups is 1. The van der Waals surface area contributed by atoms with Gasteiger partial charge >= 0.3 is 5.97 Å². The van der Waals surface area contributed by atoms with Crippen LogP contribution in [0.4, 0.5) is 5.69 Å². The summed E-state index contributed by atoms with van der Waals surface area (Å²) in [4.78, 5) is 36.7. The third-order valence-electron chi connectivity index (χ3n) is 3.36. The number of anilines is 1. The first-order valence-corrected chi connectivity index (χ1v) is 7.33. The molecule has 2 amide bonds. The second-order valence-corrected chi connectivity index (χ2v) is 5.60. The summed E-state index contributed by atoms with van der Waals surface area (Å²) >= 11 is 1.19. The zero-order valence-electron chi connectivity index (χ0n) is 11.9. The molecule has 1 aliphatic rings. The normalized spacial score (nSPS) is 13.3. The average Bonchev–Trinajstić information content (AvgIpc) is 3.01. The Morgan fingerprint density at radius 3 is 2.32 bits per heavy atom. The molecule has 0 aliphatic carbocycles. The second kappa shape index (κ2) is 5.27. The minimum Gasteiger partial charge on any atom is -0.465 e. The number of benzene rings is 1. The molecule has 0 atom stereocenters. The Labute approximate surface area is 130 Å². The van der Waals surface area contributed by atoms with Crippen molar-refractivity contribution in [2.45, 2.75) is 6.92 Å². The van der Waals surface area contributed by atoms with E-state index in [9.17, 15) is 14.4 Å². The van der Waals surface area contributed by atoms with Crippen LogP contribution in [0.1, 0.15) is 36.0 Å². The fraction of sp³-hybridized carbons (Fsp3) is 0.133. The Hall–Kier alpha value is -2.67. The lowest BCUT2D eigenvalue weighted by Gasteiger charge is -2.17. The number of hydrazine groups is 1. The number of aryl methyl sites for hydroxylation is 1. The molecule has 3 rings (SSSR count). The summed E-state index contributed by atoms with van der Waals surface area (Å²) < 4.78 is 4.71. The van der Waals surface area contributed by atoms with Gasteiger partial charge in [0.2, 0.25) is 0 Å². The van der Waals surface area contributed by atoms with Crippen molar-refractivity contribution < 1.29 is 19.1 Å². The number of carbonyl (C=O) groups excluding carboxylic acids is 3. The SMILES string of the molecule is COC(=O)c1scc(C)c1NN1C(=O)c2ccccc2C1=O. The fourth-order valence-corrected chi connectivity index (χ4v) is 3.15. The molecule has 0 saturated carbocycles. The minimum atomic E-state index is -0.516. The highest BCUT2D eigenvalue weighted by Gasteiger charge is 2.36. The Bertz CT molecular complexity index is 762. The first kappa shape index (κ1) is 14.3. The summed E-state index contributed by atoms with van der Waals surface area (Å²) in [6, 6.07) is 6.59. The van der Waals surface area contributed by atoms with Crippen molar-refractivity contribution in [1.82, 2.24) is 5.01 Å². The van der Waals surface area contributed by atoms with Gasteiger partial charge in [-0.05, 0) is 30.0 Å². The molecule has 1 aromatic heterocycles. The van der Waals surface area contributed by atoms with E-state index in [1.165, 1.54) is 18.4 Å². The smallest absolute Gasteiger partial charge is 0.350 e. The number of ether oxygens (including phenoxy) is 1. The standard InChI is InChI=1S/C15H12N2O4S/c1-8-7-22-12(15(20)21-2)11(8)16-17-13(18)9-5-3-4-6-10(9)14(17)19/h3-7,16H,1-2H3. The third kappa shape index (κ3) is 2.06. The summed E-state index contributed by atoms with van der Waals surface area (Å²) in [5.74, 6) is -1.40. The van der Waals surface area contributed by atoms with Gasteiger partial charge in [-0.3, -0.25) is 15.0 Å². The number of fused-ring (bicyclic) bond motifs is 1. The lowest BCUT2D eigenvalue weighted by molar-refractivity contribution is 0.0601. The molecule has 0 fully saturated rings. The molecule has 2 aromatic rings. The lowest BCUT2D eigenvalue weighted by atomic mass is 10.1. The van der Waals surface area contributed by atoms with Crippen LogP contribution in [-0.4, -0.2) is 29.9 Å². The zero-order valence-corrected chi connectivity index (χ0v) is 12.7. The molecule has 112 valence electrons. The van der Waals surface area contributed by atoms with Gasteiger partial charge in [0, 0.05) is 0 Å². The van der Waals surface area contributed by atoms with Crippen molar-refractivity contribution in [3.8, 4) is 0 Å². The molecule has 0 saturated heterocycles. The van der Waals surface area contributed by atoms with Crippen molar-refractivity contribution in [3.63, 3.8) is 0 Å². The van der Waals surface area contributed by atoms with Crippen LogP contribution >= 0.6 is 11.3 Å². The Kier molecular flexibility index (Phi) is 3.42. The number of nitrogens with one attached hydrogen (secondary N) is 1. The predicted octanol–water partition coefficient (Wildman–Crippen LogP) is 2.47. The molecule has 7 heteroatoms. The number of rotatable bonds is 3. The highest BCUT2D eigenvalue weighted by atomic mass is 32.1. The van der Waals surface area contributed by atoms with Gasteiger partial charge in [0.15, 0.2) is 0 Å². The van der Waals surface area contributed by atoms with Gasteiger partial charge < -0.3 is 4.74 Å². The summed E-state index contributed by atoms with van der Waals surface area (Å²) in [6.45, 7) is 1.78. The number of hydrogen-bond donors (Lipinski definition) is 1. The largest absolute Gasteiger partial charge is 0.465 e. The topological polar surface area (TPSA) is 75.7 Å². The van der Waals surface area contributed by atoms with Crippen molar-refractivity contribution in [2.24, 2.45) is 0 Å². The molecule has 22 heavy (non-hydrogen) atoms.